The lowest BCUT2D eigenvalue weighted by Gasteiger charge is -2.24. The van der Waals surface area contributed by atoms with E-state index in [4.69, 9.17) is 18.0 Å². The smallest absolute Gasteiger partial charge is 0.271 e. The number of nitrogen functional groups attached to an aromatic ring is 1. The molecule has 5 N–H and O–H groups in total. The van der Waals surface area contributed by atoms with Gasteiger partial charge in [-0.1, -0.05) is 18.6 Å². The molecule has 2 rings (SSSR count). The lowest BCUT2D eigenvalue weighted by atomic mass is 9.85. The number of hydrazine groups is 1. The topological polar surface area (TPSA) is 96.2 Å². The van der Waals surface area contributed by atoms with E-state index in [1.54, 1.807) is 24.3 Å². The minimum absolute atomic E-state index is 0.0372. The van der Waals surface area contributed by atoms with E-state index < -0.39 is 5.91 Å². The number of rotatable bonds is 2. The monoisotopic (exact) mass is 292 g/mol. The van der Waals surface area contributed by atoms with E-state index in [1.165, 1.54) is 0 Å². The molecule has 0 atom stereocenters. The molecule has 1 aromatic rings. The van der Waals surface area contributed by atoms with Gasteiger partial charge < -0.3 is 11.1 Å². The van der Waals surface area contributed by atoms with E-state index in [2.05, 4.69) is 16.2 Å². The third kappa shape index (κ3) is 3.45. The van der Waals surface area contributed by atoms with Gasteiger partial charge in [-0.15, -0.1) is 0 Å². The molecule has 106 valence electrons. The number of para-hydroxylation sites is 1. The van der Waals surface area contributed by atoms with Gasteiger partial charge in [-0.3, -0.25) is 20.4 Å². The number of carbonyl (C=O) groups excluding carboxylic acids is 2. The summed E-state index contributed by atoms with van der Waals surface area (Å²) in [4.78, 5) is 23.5. The maximum Gasteiger partial charge on any atom is 0.271 e. The highest BCUT2D eigenvalue weighted by atomic mass is 32.1. The summed E-state index contributed by atoms with van der Waals surface area (Å²) in [6.07, 6.45) is 2.85. The Labute approximate surface area is 122 Å². The SMILES string of the molecule is Nc1ccccc1C(=O)NNC(=S)NC(=O)C1CCC1. The van der Waals surface area contributed by atoms with Crippen LogP contribution in [-0.2, 0) is 4.79 Å². The molecule has 1 aromatic carbocycles. The minimum Gasteiger partial charge on any atom is -0.398 e. The zero-order chi connectivity index (χ0) is 14.5. The lowest BCUT2D eigenvalue weighted by Crippen LogP contribution is -2.50. The Bertz CT molecular complexity index is 543. The number of benzene rings is 1. The van der Waals surface area contributed by atoms with Gasteiger partial charge in [0, 0.05) is 11.6 Å². The molecule has 0 aliphatic heterocycles. The third-order valence-electron chi connectivity index (χ3n) is 3.21. The highest BCUT2D eigenvalue weighted by Gasteiger charge is 2.25. The van der Waals surface area contributed by atoms with Crippen molar-refractivity contribution in [1.29, 1.82) is 0 Å². The Morgan fingerprint density at radius 2 is 1.90 bits per heavy atom. The maximum absolute atomic E-state index is 11.8. The molecule has 0 unspecified atom stereocenters. The van der Waals surface area contributed by atoms with Crippen LogP contribution in [-0.4, -0.2) is 16.9 Å². The summed E-state index contributed by atoms with van der Waals surface area (Å²) >= 11 is 4.93. The van der Waals surface area contributed by atoms with Gasteiger partial charge in [0.1, 0.15) is 0 Å². The molecule has 1 aliphatic rings. The van der Waals surface area contributed by atoms with Gasteiger partial charge in [0.2, 0.25) is 5.91 Å². The standard InChI is InChI=1S/C13H16N4O2S/c14-10-7-2-1-6-9(10)12(19)16-17-13(20)15-11(18)8-4-3-5-8/h1-2,6-8H,3-5,14H2,(H,16,19)(H2,15,17,18,20). The van der Waals surface area contributed by atoms with Crippen LogP contribution in [0.4, 0.5) is 5.69 Å². The quantitative estimate of drug-likeness (QED) is 0.366. The normalized spacial score (nSPS) is 14.0. The van der Waals surface area contributed by atoms with Crippen LogP contribution in [0.1, 0.15) is 29.6 Å². The van der Waals surface area contributed by atoms with Gasteiger partial charge in [-0.05, 0) is 37.2 Å². The van der Waals surface area contributed by atoms with Crippen LogP contribution in [0.2, 0.25) is 0 Å². The summed E-state index contributed by atoms with van der Waals surface area (Å²) < 4.78 is 0. The summed E-state index contributed by atoms with van der Waals surface area (Å²) in [5.74, 6) is -0.485. The summed E-state index contributed by atoms with van der Waals surface area (Å²) in [6, 6.07) is 6.68. The number of thiocarbonyl (C=S) groups is 1. The number of carbonyl (C=O) groups is 2. The predicted octanol–water partition coefficient (Wildman–Crippen LogP) is 0.704. The third-order valence-corrected chi connectivity index (χ3v) is 3.41. The molecular weight excluding hydrogens is 276 g/mol. The van der Waals surface area contributed by atoms with Gasteiger partial charge in [0.25, 0.3) is 5.91 Å². The van der Waals surface area contributed by atoms with Crippen molar-refractivity contribution in [2.75, 3.05) is 5.73 Å². The molecule has 0 saturated heterocycles. The fraction of sp³-hybridized carbons (Fsp3) is 0.308. The van der Waals surface area contributed by atoms with Crippen molar-refractivity contribution >= 4 is 34.8 Å². The van der Waals surface area contributed by atoms with Crippen molar-refractivity contribution in [2.24, 2.45) is 5.92 Å². The zero-order valence-corrected chi connectivity index (χ0v) is 11.6. The zero-order valence-electron chi connectivity index (χ0n) is 10.8. The number of hydrogen-bond acceptors (Lipinski definition) is 4. The van der Waals surface area contributed by atoms with Crippen LogP contribution in [0.3, 0.4) is 0 Å². The molecule has 1 aliphatic carbocycles. The average molecular weight is 292 g/mol. The summed E-state index contributed by atoms with van der Waals surface area (Å²) in [5, 5.41) is 2.61. The van der Waals surface area contributed by atoms with E-state index in [0.717, 1.165) is 19.3 Å². The molecule has 0 bridgehead atoms. The van der Waals surface area contributed by atoms with Gasteiger partial charge in [0.15, 0.2) is 5.11 Å². The average Bonchev–Trinajstić information content (AvgIpc) is 2.34. The van der Waals surface area contributed by atoms with Gasteiger partial charge >= 0.3 is 0 Å². The predicted molar refractivity (Wildman–Crippen MR) is 79.5 cm³/mol. The molecule has 20 heavy (non-hydrogen) atoms. The largest absolute Gasteiger partial charge is 0.398 e. The number of anilines is 1. The Morgan fingerprint density at radius 1 is 1.20 bits per heavy atom. The van der Waals surface area contributed by atoms with Crippen molar-refractivity contribution < 1.29 is 9.59 Å². The van der Waals surface area contributed by atoms with E-state index in [1.807, 2.05) is 0 Å². The van der Waals surface area contributed by atoms with E-state index >= 15 is 0 Å². The van der Waals surface area contributed by atoms with Crippen molar-refractivity contribution in [2.45, 2.75) is 19.3 Å². The Kier molecular flexibility index (Phi) is 4.52. The second-order valence-corrected chi connectivity index (χ2v) is 5.02. The first-order valence-electron chi connectivity index (χ1n) is 6.33. The van der Waals surface area contributed by atoms with Crippen LogP contribution in [0.25, 0.3) is 0 Å². The molecule has 0 radical (unpaired) electrons. The van der Waals surface area contributed by atoms with Crippen LogP contribution in [0.15, 0.2) is 24.3 Å². The maximum atomic E-state index is 11.8. The fourth-order valence-electron chi connectivity index (χ4n) is 1.80. The number of amides is 2. The summed E-state index contributed by atoms with van der Waals surface area (Å²) in [7, 11) is 0. The molecule has 6 nitrogen and oxygen atoms in total. The lowest BCUT2D eigenvalue weighted by molar-refractivity contribution is -0.125. The molecule has 0 spiro atoms. The second-order valence-electron chi connectivity index (χ2n) is 4.61. The molecule has 1 fully saturated rings. The first kappa shape index (κ1) is 14.3. The number of hydrogen-bond donors (Lipinski definition) is 4. The van der Waals surface area contributed by atoms with Crippen LogP contribution in [0.5, 0.6) is 0 Å². The van der Waals surface area contributed by atoms with Crippen molar-refractivity contribution in [3.8, 4) is 0 Å². The van der Waals surface area contributed by atoms with E-state index in [-0.39, 0.29) is 16.9 Å². The first-order chi connectivity index (χ1) is 9.58. The fourth-order valence-corrected chi connectivity index (χ4v) is 1.95. The minimum atomic E-state index is -0.414. The first-order valence-corrected chi connectivity index (χ1v) is 6.74. The molecule has 0 aromatic heterocycles. The Hall–Kier alpha value is -2.15. The summed E-state index contributed by atoms with van der Waals surface area (Å²) in [5.41, 5.74) is 11.3. The van der Waals surface area contributed by atoms with Crippen LogP contribution < -0.4 is 21.9 Å². The van der Waals surface area contributed by atoms with E-state index in [9.17, 15) is 9.59 Å². The van der Waals surface area contributed by atoms with Crippen LogP contribution >= 0.6 is 12.2 Å². The number of nitrogens with two attached hydrogens (primary N) is 1. The number of nitrogens with one attached hydrogen (secondary N) is 3. The second kappa shape index (κ2) is 6.33. The Morgan fingerprint density at radius 3 is 2.50 bits per heavy atom. The van der Waals surface area contributed by atoms with Crippen molar-refractivity contribution in [3.63, 3.8) is 0 Å². The van der Waals surface area contributed by atoms with Crippen molar-refractivity contribution in [3.05, 3.63) is 29.8 Å². The van der Waals surface area contributed by atoms with Gasteiger partial charge in [-0.25, -0.2) is 0 Å². The van der Waals surface area contributed by atoms with Crippen LogP contribution in [0, 0.1) is 5.92 Å². The molecule has 0 heterocycles. The highest BCUT2D eigenvalue weighted by Crippen LogP contribution is 2.25. The molecule has 7 heteroatoms. The van der Waals surface area contributed by atoms with Gasteiger partial charge in [0.05, 0.1) is 5.56 Å². The summed E-state index contributed by atoms with van der Waals surface area (Å²) in [6.45, 7) is 0. The molecule has 1 saturated carbocycles. The molecule has 2 amide bonds. The van der Waals surface area contributed by atoms with Gasteiger partial charge in [-0.2, -0.15) is 0 Å². The van der Waals surface area contributed by atoms with Crippen molar-refractivity contribution in [1.82, 2.24) is 16.2 Å². The highest BCUT2D eigenvalue weighted by molar-refractivity contribution is 7.80. The Balaban J connectivity index is 1.79. The van der Waals surface area contributed by atoms with E-state index in [0.29, 0.717) is 11.3 Å². The molecular formula is C13H16N4O2S.